The van der Waals surface area contributed by atoms with E-state index < -0.39 is 0 Å². The number of thiophene rings is 1. The van der Waals surface area contributed by atoms with Crippen molar-refractivity contribution in [3.63, 3.8) is 0 Å². The topological polar surface area (TPSA) is 16.1 Å². The van der Waals surface area contributed by atoms with Crippen LogP contribution in [0.15, 0.2) is 22.2 Å². The number of rotatable bonds is 5. The van der Waals surface area contributed by atoms with Gasteiger partial charge in [-0.2, -0.15) is 11.3 Å². The van der Waals surface area contributed by atoms with Crippen LogP contribution in [0.3, 0.4) is 0 Å². The van der Waals surface area contributed by atoms with Crippen LogP contribution in [0.5, 0.6) is 0 Å². The van der Waals surface area contributed by atoms with E-state index in [-0.39, 0.29) is 0 Å². The maximum Gasteiger partial charge on any atom is 0.107 e. The number of aromatic nitrogens is 1. The van der Waals surface area contributed by atoms with Crippen molar-refractivity contribution in [2.75, 3.05) is 7.05 Å². The first kappa shape index (κ1) is 12.0. The van der Waals surface area contributed by atoms with Gasteiger partial charge < -0.3 is 0 Å². The van der Waals surface area contributed by atoms with Crippen LogP contribution in [0, 0.1) is 0 Å². The van der Waals surface area contributed by atoms with E-state index in [1.165, 1.54) is 5.56 Å². The number of thiazole rings is 1. The zero-order valence-corrected chi connectivity index (χ0v) is 11.4. The van der Waals surface area contributed by atoms with Crippen molar-refractivity contribution in [2.45, 2.75) is 19.0 Å². The molecule has 0 aliphatic heterocycles. The normalized spacial score (nSPS) is 11.2. The molecular formula is C11H13ClN2S2. The SMILES string of the molecule is CN(Cc1ccsc1)Cc1nc(CCl)cs1. The van der Waals surface area contributed by atoms with Crippen LogP contribution in [0.25, 0.3) is 0 Å². The molecular weight excluding hydrogens is 260 g/mol. The molecule has 2 aromatic rings. The second-order valence-electron chi connectivity index (χ2n) is 3.67. The first-order valence-corrected chi connectivity index (χ1v) is 7.32. The molecule has 0 unspecified atom stereocenters. The second-order valence-corrected chi connectivity index (χ2v) is 5.66. The molecule has 16 heavy (non-hydrogen) atoms. The summed E-state index contributed by atoms with van der Waals surface area (Å²) in [6.07, 6.45) is 0. The van der Waals surface area contributed by atoms with Gasteiger partial charge in [0.05, 0.1) is 18.1 Å². The summed E-state index contributed by atoms with van der Waals surface area (Å²) in [6, 6.07) is 2.16. The Hall–Kier alpha value is -0.420. The van der Waals surface area contributed by atoms with E-state index in [1.54, 1.807) is 22.7 Å². The lowest BCUT2D eigenvalue weighted by Gasteiger charge is -2.13. The molecule has 2 rings (SSSR count). The number of alkyl halides is 1. The van der Waals surface area contributed by atoms with Gasteiger partial charge in [0.25, 0.3) is 0 Å². The molecule has 0 bridgehead atoms. The van der Waals surface area contributed by atoms with Crippen molar-refractivity contribution in [1.82, 2.24) is 9.88 Å². The van der Waals surface area contributed by atoms with Crippen molar-refractivity contribution < 1.29 is 0 Å². The van der Waals surface area contributed by atoms with Crippen LogP contribution >= 0.6 is 34.3 Å². The van der Waals surface area contributed by atoms with Gasteiger partial charge in [0.1, 0.15) is 5.01 Å². The standard InChI is InChI=1S/C11H13ClN2S2/c1-14(5-9-2-3-15-7-9)6-11-13-10(4-12)8-16-11/h2-3,7-8H,4-6H2,1H3. The van der Waals surface area contributed by atoms with Crippen molar-refractivity contribution in [2.24, 2.45) is 0 Å². The summed E-state index contributed by atoms with van der Waals surface area (Å²) in [5, 5.41) is 7.45. The van der Waals surface area contributed by atoms with E-state index in [9.17, 15) is 0 Å². The molecule has 0 atom stereocenters. The predicted octanol–water partition coefficient (Wildman–Crippen LogP) is 3.58. The third kappa shape index (κ3) is 3.28. The molecule has 0 N–H and O–H groups in total. The monoisotopic (exact) mass is 272 g/mol. The zero-order chi connectivity index (χ0) is 11.4. The van der Waals surface area contributed by atoms with E-state index in [0.717, 1.165) is 23.8 Å². The summed E-state index contributed by atoms with van der Waals surface area (Å²) in [5.74, 6) is 0.505. The fourth-order valence-electron chi connectivity index (χ4n) is 1.46. The zero-order valence-electron chi connectivity index (χ0n) is 9.02. The number of hydrogen-bond donors (Lipinski definition) is 0. The van der Waals surface area contributed by atoms with Gasteiger partial charge in [-0.15, -0.1) is 22.9 Å². The lowest BCUT2D eigenvalue weighted by molar-refractivity contribution is 0.319. The Bertz CT molecular complexity index is 425. The quantitative estimate of drug-likeness (QED) is 0.774. The summed E-state index contributed by atoms with van der Waals surface area (Å²) < 4.78 is 0. The predicted molar refractivity (Wildman–Crippen MR) is 71.2 cm³/mol. The highest BCUT2D eigenvalue weighted by Gasteiger charge is 2.05. The Morgan fingerprint density at radius 1 is 1.38 bits per heavy atom. The average molecular weight is 273 g/mol. The number of nitrogens with zero attached hydrogens (tertiary/aromatic N) is 2. The van der Waals surface area contributed by atoms with Crippen LogP contribution < -0.4 is 0 Å². The van der Waals surface area contributed by atoms with E-state index in [2.05, 4.69) is 33.8 Å². The van der Waals surface area contributed by atoms with Gasteiger partial charge in [-0.05, 0) is 29.4 Å². The highest BCUT2D eigenvalue weighted by molar-refractivity contribution is 7.09. The van der Waals surface area contributed by atoms with Crippen molar-refractivity contribution in [3.8, 4) is 0 Å². The van der Waals surface area contributed by atoms with Crippen LogP contribution in [-0.4, -0.2) is 16.9 Å². The first-order chi connectivity index (χ1) is 7.78. The summed E-state index contributed by atoms with van der Waals surface area (Å²) in [7, 11) is 2.11. The highest BCUT2D eigenvalue weighted by Crippen LogP contribution is 2.15. The molecule has 0 aliphatic carbocycles. The molecule has 2 aromatic heterocycles. The van der Waals surface area contributed by atoms with E-state index >= 15 is 0 Å². The minimum absolute atomic E-state index is 0.505. The van der Waals surface area contributed by atoms with Crippen molar-refractivity contribution in [1.29, 1.82) is 0 Å². The minimum Gasteiger partial charge on any atom is -0.295 e. The van der Waals surface area contributed by atoms with Gasteiger partial charge in [-0.25, -0.2) is 4.98 Å². The molecule has 0 amide bonds. The Kier molecular flexibility index (Phi) is 4.35. The Morgan fingerprint density at radius 2 is 2.25 bits per heavy atom. The average Bonchev–Trinajstić information content (AvgIpc) is 2.89. The summed E-state index contributed by atoms with van der Waals surface area (Å²) in [5.41, 5.74) is 2.34. The summed E-state index contributed by atoms with van der Waals surface area (Å²) >= 11 is 9.14. The van der Waals surface area contributed by atoms with Gasteiger partial charge in [0.15, 0.2) is 0 Å². The van der Waals surface area contributed by atoms with E-state index in [1.807, 2.05) is 5.38 Å². The maximum atomic E-state index is 5.72. The van der Waals surface area contributed by atoms with Crippen LogP contribution in [0.4, 0.5) is 0 Å². The molecule has 0 aromatic carbocycles. The second kappa shape index (κ2) is 5.77. The molecule has 0 spiro atoms. The number of hydrogen-bond acceptors (Lipinski definition) is 4. The molecule has 2 nitrogen and oxygen atoms in total. The third-order valence-corrected chi connectivity index (χ3v) is 4.06. The minimum atomic E-state index is 0.505. The third-order valence-electron chi connectivity index (χ3n) is 2.17. The van der Waals surface area contributed by atoms with Gasteiger partial charge in [-0.1, -0.05) is 0 Å². The summed E-state index contributed by atoms with van der Waals surface area (Å²) in [4.78, 5) is 6.71. The Balaban J connectivity index is 1.89. The molecule has 0 saturated heterocycles. The van der Waals surface area contributed by atoms with E-state index in [4.69, 9.17) is 11.6 Å². The van der Waals surface area contributed by atoms with Crippen LogP contribution in [0.1, 0.15) is 16.3 Å². The lowest BCUT2D eigenvalue weighted by Crippen LogP contribution is -2.16. The Morgan fingerprint density at radius 3 is 2.88 bits per heavy atom. The highest BCUT2D eigenvalue weighted by atomic mass is 35.5. The first-order valence-electron chi connectivity index (χ1n) is 4.97. The molecule has 0 fully saturated rings. The molecule has 0 saturated carbocycles. The molecule has 0 aliphatic rings. The van der Waals surface area contributed by atoms with E-state index in [0.29, 0.717) is 5.88 Å². The van der Waals surface area contributed by atoms with Gasteiger partial charge >= 0.3 is 0 Å². The van der Waals surface area contributed by atoms with Gasteiger partial charge in [0.2, 0.25) is 0 Å². The van der Waals surface area contributed by atoms with Crippen LogP contribution in [-0.2, 0) is 19.0 Å². The van der Waals surface area contributed by atoms with Crippen molar-refractivity contribution >= 4 is 34.3 Å². The molecule has 2 heterocycles. The maximum absolute atomic E-state index is 5.72. The van der Waals surface area contributed by atoms with Gasteiger partial charge in [0, 0.05) is 11.9 Å². The summed E-state index contributed by atoms with van der Waals surface area (Å²) in [6.45, 7) is 1.86. The fourth-order valence-corrected chi connectivity index (χ4v) is 3.23. The lowest BCUT2D eigenvalue weighted by atomic mass is 10.3. The largest absolute Gasteiger partial charge is 0.295 e. The molecule has 0 radical (unpaired) electrons. The van der Waals surface area contributed by atoms with Crippen LogP contribution in [0.2, 0.25) is 0 Å². The number of halogens is 1. The Labute approximate surface area is 109 Å². The smallest absolute Gasteiger partial charge is 0.107 e. The molecule has 86 valence electrons. The molecule has 5 heteroatoms. The fraction of sp³-hybridized carbons (Fsp3) is 0.364. The van der Waals surface area contributed by atoms with Gasteiger partial charge in [-0.3, -0.25) is 4.90 Å². The van der Waals surface area contributed by atoms with Crippen molar-refractivity contribution in [3.05, 3.63) is 38.5 Å².